The lowest BCUT2D eigenvalue weighted by Crippen LogP contribution is -2.21. The van der Waals surface area contributed by atoms with Gasteiger partial charge >= 0.3 is 0 Å². The van der Waals surface area contributed by atoms with Crippen molar-refractivity contribution in [1.29, 1.82) is 0 Å². The minimum atomic E-state index is -0.621. The van der Waals surface area contributed by atoms with Crippen molar-refractivity contribution in [3.63, 3.8) is 0 Å². The quantitative estimate of drug-likeness (QED) is 0.783. The van der Waals surface area contributed by atoms with Gasteiger partial charge in [0.25, 0.3) is 0 Å². The van der Waals surface area contributed by atoms with Gasteiger partial charge in [-0.05, 0) is 43.4 Å². The van der Waals surface area contributed by atoms with Crippen LogP contribution in [0.1, 0.15) is 37.7 Å². The van der Waals surface area contributed by atoms with E-state index in [1.54, 1.807) is 7.11 Å². The molecular weight excluding hydrogens is 276 g/mol. The summed E-state index contributed by atoms with van der Waals surface area (Å²) in [5, 5.41) is 3.06. The third-order valence-electron chi connectivity index (χ3n) is 3.71. The van der Waals surface area contributed by atoms with E-state index >= 15 is 0 Å². The van der Waals surface area contributed by atoms with E-state index in [0.717, 1.165) is 25.7 Å². The summed E-state index contributed by atoms with van der Waals surface area (Å²) in [7, 11) is 1.61. The third-order valence-corrected chi connectivity index (χ3v) is 3.71. The lowest BCUT2D eigenvalue weighted by molar-refractivity contribution is 0.142. The minimum Gasteiger partial charge on any atom is -0.484 e. The van der Waals surface area contributed by atoms with Gasteiger partial charge < -0.3 is 14.8 Å². The molecule has 0 aromatic heterocycles. The van der Waals surface area contributed by atoms with Crippen molar-refractivity contribution in [2.45, 2.75) is 44.8 Å². The van der Waals surface area contributed by atoms with Gasteiger partial charge in [-0.15, -0.1) is 0 Å². The highest BCUT2D eigenvalue weighted by molar-refractivity contribution is 5.31. The molecule has 118 valence electrons. The fourth-order valence-corrected chi connectivity index (χ4v) is 2.58. The van der Waals surface area contributed by atoms with Crippen molar-refractivity contribution in [3.8, 4) is 5.75 Å². The van der Waals surface area contributed by atoms with E-state index in [1.165, 1.54) is 18.6 Å². The molecular formula is C16H23F2NO2. The van der Waals surface area contributed by atoms with Crippen LogP contribution in [0.3, 0.4) is 0 Å². The summed E-state index contributed by atoms with van der Waals surface area (Å²) in [6.45, 7) is 1.61. The van der Waals surface area contributed by atoms with Gasteiger partial charge in [0, 0.05) is 20.2 Å². The summed E-state index contributed by atoms with van der Waals surface area (Å²) in [5.41, 5.74) is 0.567. The SMILES string of the molecule is COCCNCc1cc(F)c(OC2CCCCC2)c(F)c1. The number of halogens is 2. The van der Waals surface area contributed by atoms with E-state index in [4.69, 9.17) is 9.47 Å². The van der Waals surface area contributed by atoms with Gasteiger partial charge in [0.2, 0.25) is 0 Å². The summed E-state index contributed by atoms with van der Waals surface area (Å²) >= 11 is 0. The summed E-state index contributed by atoms with van der Waals surface area (Å²) < 4.78 is 38.5. The fourth-order valence-electron chi connectivity index (χ4n) is 2.58. The van der Waals surface area contributed by atoms with Gasteiger partial charge in [0.1, 0.15) is 0 Å². The van der Waals surface area contributed by atoms with Crippen molar-refractivity contribution < 1.29 is 18.3 Å². The van der Waals surface area contributed by atoms with Crippen molar-refractivity contribution >= 4 is 0 Å². The summed E-state index contributed by atoms with van der Waals surface area (Å²) in [5.74, 6) is -1.48. The molecule has 21 heavy (non-hydrogen) atoms. The molecule has 1 N–H and O–H groups in total. The lowest BCUT2D eigenvalue weighted by Gasteiger charge is -2.23. The van der Waals surface area contributed by atoms with Crippen LogP contribution < -0.4 is 10.1 Å². The molecule has 1 aliphatic rings. The standard InChI is InChI=1S/C16H23F2NO2/c1-20-8-7-19-11-12-9-14(17)16(15(18)10-12)21-13-5-3-2-4-6-13/h9-10,13,19H,2-8,11H2,1H3. The molecule has 0 bridgehead atoms. The van der Waals surface area contributed by atoms with Gasteiger partial charge in [0.15, 0.2) is 17.4 Å². The Hall–Kier alpha value is -1.20. The Kier molecular flexibility index (Phi) is 6.39. The predicted molar refractivity (Wildman–Crippen MR) is 77.4 cm³/mol. The fraction of sp³-hybridized carbons (Fsp3) is 0.625. The molecule has 0 aliphatic heterocycles. The van der Waals surface area contributed by atoms with Gasteiger partial charge in [-0.2, -0.15) is 0 Å². The summed E-state index contributed by atoms with van der Waals surface area (Å²) in [6, 6.07) is 2.67. The average molecular weight is 299 g/mol. The molecule has 0 heterocycles. The molecule has 1 aromatic rings. The third kappa shape index (κ3) is 4.93. The zero-order valence-electron chi connectivity index (χ0n) is 12.5. The van der Waals surface area contributed by atoms with Crippen LogP contribution in [-0.4, -0.2) is 26.4 Å². The van der Waals surface area contributed by atoms with E-state index in [2.05, 4.69) is 5.32 Å². The van der Waals surface area contributed by atoms with E-state index in [1.807, 2.05) is 0 Å². The second-order valence-corrected chi connectivity index (χ2v) is 5.44. The molecule has 0 amide bonds. The Bertz CT molecular complexity index is 425. The zero-order valence-corrected chi connectivity index (χ0v) is 12.5. The number of ether oxygens (including phenoxy) is 2. The van der Waals surface area contributed by atoms with E-state index in [-0.39, 0.29) is 11.9 Å². The van der Waals surface area contributed by atoms with Crippen LogP contribution in [0, 0.1) is 11.6 Å². The minimum absolute atomic E-state index is 0.0616. The molecule has 1 fully saturated rings. The second-order valence-electron chi connectivity index (χ2n) is 5.44. The Balaban J connectivity index is 1.95. The number of methoxy groups -OCH3 is 1. The van der Waals surface area contributed by atoms with E-state index < -0.39 is 11.6 Å². The predicted octanol–water partition coefficient (Wildman–Crippen LogP) is 3.41. The number of nitrogens with one attached hydrogen (secondary N) is 1. The first kappa shape index (κ1) is 16.2. The first-order chi connectivity index (χ1) is 10.2. The summed E-state index contributed by atoms with van der Waals surface area (Å²) in [4.78, 5) is 0. The summed E-state index contributed by atoms with van der Waals surface area (Å²) in [6.07, 6.45) is 4.99. The molecule has 0 unspecified atom stereocenters. The maximum absolute atomic E-state index is 14.0. The normalized spacial score (nSPS) is 16.1. The molecule has 1 aliphatic carbocycles. The average Bonchev–Trinajstić information content (AvgIpc) is 2.48. The van der Waals surface area contributed by atoms with Crippen LogP contribution in [0.2, 0.25) is 0 Å². The Morgan fingerprint density at radius 2 is 1.81 bits per heavy atom. The van der Waals surface area contributed by atoms with Gasteiger partial charge in [-0.3, -0.25) is 0 Å². The first-order valence-electron chi connectivity index (χ1n) is 7.55. The number of hydrogen-bond donors (Lipinski definition) is 1. The topological polar surface area (TPSA) is 30.5 Å². The van der Waals surface area contributed by atoms with E-state index in [9.17, 15) is 8.78 Å². The first-order valence-corrected chi connectivity index (χ1v) is 7.55. The van der Waals surface area contributed by atoms with Crippen LogP contribution in [0.4, 0.5) is 8.78 Å². The Labute approximate surface area is 124 Å². The van der Waals surface area contributed by atoms with Crippen LogP contribution in [-0.2, 0) is 11.3 Å². The van der Waals surface area contributed by atoms with Crippen molar-refractivity contribution in [2.24, 2.45) is 0 Å². The van der Waals surface area contributed by atoms with Gasteiger partial charge in [-0.1, -0.05) is 6.42 Å². The van der Waals surface area contributed by atoms with Crippen molar-refractivity contribution in [1.82, 2.24) is 5.32 Å². The molecule has 2 rings (SSSR count). The molecule has 0 spiro atoms. The maximum Gasteiger partial charge on any atom is 0.191 e. The molecule has 3 nitrogen and oxygen atoms in total. The monoisotopic (exact) mass is 299 g/mol. The molecule has 0 radical (unpaired) electrons. The van der Waals surface area contributed by atoms with E-state index in [0.29, 0.717) is 25.3 Å². The number of benzene rings is 1. The van der Waals surface area contributed by atoms with Crippen molar-refractivity contribution in [2.75, 3.05) is 20.3 Å². The van der Waals surface area contributed by atoms with Crippen LogP contribution in [0.15, 0.2) is 12.1 Å². The second kappa shape index (κ2) is 8.29. The Morgan fingerprint density at radius 3 is 2.43 bits per heavy atom. The van der Waals surface area contributed by atoms with Crippen LogP contribution in [0.5, 0.6) is 5.75 Å². The smallest absolute Gasteiger partial charge is 0.191 e. The van der Waals surface area contributed by atoms with Gasteiger partial charge in [0.05, 0.1) is 12.7 Å². The number of hydrogen-bond acceptors (Lipinski definition) is 3. The highest BCUT2D eigenvalue weighted by Gasteiger charge is 2.20. The Morgan fingerprint density at radius 1 is 1.14 bits per heavy atom. The van der Waals surface area contributed by atoms with Gasteiger partial charge in [-0.25, -0.2) is 8.78 Å². The van der Waals surface area contributed by atoms with Crippen LogP contribution >= 0.6 is 0 Å². The highest BCUT2D eigenvalue weighted by atomic mass is 19.1. The molecule has 0 atom stereocenters. The van der Waals surface area contributed by atoms with Crippen molar-refractivity contribution in [3.05, 3.63) is 29.3 Å². The molecule has 1 saturated carbocycles. The largest absolute Gasteiger partial charge is 0.484 e. The molecule has 5 heteroatoms. The molecule has 1 aromatic carbocycles. The zero-order chi connectivity index (χ0) is 15.1. The lowest BCUT2D eigenvalue weighted by atomic mass is 9.98. The highest BCUT2D eigenvalue weighted by Crippen LogP contribution is 2.28. The van der Waals surface area contributed by atoms with Crippen LogP contribution in [0.25, 0.3) is 0 Å². The molecule has 0 saturated heterocycles. The maximum atomic E-state index is 14.0. The number of rotatable bonds is 7.